The third kappa shape index (κ3) is 3.18. The quantitative estimate of drug-likeness (QED) is 0.587. The molecule has 6 heteroatoms. The minimum Gasteiger partial charge on any atom is -0.390 e. The summed E-state index contributed by atoms with van der Waals surface area (Å²) < 4.78 is 0. The largest absolute Gasteiger partial charge is 0.390 e. The summed E-state index contributed by atoms with van der Waals surface area (Å²) >= 11 is 0. The summed E-state index contributed by atoms with van der Waals surface area (Å²) in [7, 11) is 1.73. The maximum Gasteiger partial charge on any atom is 0.242 e. The Bertz CT molecular complexity index is 270. The Hall–Kier alpha value is -1.14. The third-order valence-electron chi connectivity index (χ3n) is 2.61. The molecule has 0 bridgehead atoms. The van der Waals surface area contributed by atoms with Crippen molar-refractivity contribution in [1.29, 1.82) is 0 Å². The highest BCUT2D eigenvalue weighted by molar-refractivity contribution is 5.92. The smallest absolute Gasteiger partial charge is 0.242 e. The Labute approximate surface area is 95.2 Å². The van der Waals surface area contributed by atoms with Gasteiger partial charge >= 0.3 is 0 Å². The van der Waals surface area contributed by atoms with Crippen LogP contribution in [0.5, 0.6) is 0 Å². The standard InChI is InChI=1S/C10H19N3O3/c1-3-12-6-10(16)13(7-9(12)15)5-8(14)4-11-2/h8,11,14H,3-7H2,1-2H3. The average Bonchev–Trinajstić information content (AvgIpc) is 2.23. The molecular weight excluding hydrogens is 210 g/mol. The van der Waals surface area contributed by atoms with Crippen LogP contribution in [0.1, 0.15) is 6.92 Å². The molecule has 0 aromatic rings. The fourth-order valence-electron chi connectivity index (χ4n) is 1.71. The molecule has 1 heterocycles. The predicted molar refractivity (Wildman–Crippen MR) is 58.8 cm³/mol. The molecule has 1 fully saturated rings. The first kappa shape index (κ1) is 12.9. The summed E-state index contributed by atoms with van der Waals surface area (Å²) in [6, 6.07) is 0. The van der Waals surface area contributed by atoms with Crippen LogP contribution in [-0.2, 0) is 9.59 Å². The molecule has 1 aliphatic rings. The number of hydrogen-bond donors (Lipinski definition) is 2. The zero-order chi connectivity index (χ0) is 12.1. The average molecular weight is 229 g/mol. The van der Waals surface area contributed by atoms with Gasteiger partial charge in [-0.2, -0.15) is 0 Å². The van der Waals surface area contributed by atoms with E-state index in [2.05, 4.69) is 5.32 Å². The molecule has 2 amide bonds. The molecule has 0 spiro atoms. The van der Waals surface area contributed by atoms with Crippen LogP contribution < -0.4 is 5.32 Å². The fourth-order valence-corrected chi connectivity index (χ4v) is 1.71. The maximum atomic E-state index is 11.6. The van der Waals surface area contributed by atoms with Gasteiger partial charge in [0.15, 0.2) is 0 Å². The predicted octanol–water partition coefficient (Wildman–Crippen LogP) is -1.74. The van der Waals surface area contributed by atoms with Crippen molar-refractivity contribution in [2.24, 2.45) is 0 Å². The lowest BCUT2D eigenvalue weighted by Gasteiger charge is -2.34. The minimum atomic E-state index is -0.630. The molecule has 16 heavy (non-hydrogen) atoms. The van der Waals surface area contributed by atoms with E-state index in [-0.39, 0.29) is 31.4 Å². The zero-order valence-corrected chi connectivity index (χ0v) is 9.77. The normalized spacial score (nSPS) is 19.2. The van der Waals surface area contributed by atoms with Crippen LogP contribution >= 0.6 is 0 Å². The lowest BCUT2D eigenvalue weighted by molar-refractivity contribution is -0.150. The van der Waals surface area contributed by atoms with E-state index >= 15 is 0 Å². The van der Waals surface area contributed by atoms with Crippen LogP contribution in [0.2, 0.25) is 0 Å². The van der Waals surface area contributed by atoms with Crippen molar-refractivity contribution in [2.45, 2.75) is 13.0 Å². The highest BCUT2D eigenvalue weighted by Crippen LogP contribution is 2.05. The number of aliphatic hydroxyl groups excluding tert-OH is 1. The molecular formula is C10H19N3O3. The topological polar surface area (TPSA) is 72.9 Å². The number of piperazine rings is 1. The zero-order valence-electron chi connectivity index (χ0n) is 9.77. The van der Waals surface area contributed by atoms with Crippen molar-refractivity contribution >= 4 is 11.8 Å². The highest BCUT2D eigenvalue weighted by atomic mass is 16.3. The second-order valence-electron chi connectivity index (χ2n) is 3.89. The molecule has 2 N–H and O–H groups in total. The molecule has 0 aromatic carbocycles. The monoisotopic (exact) mass is 229 g/mol. The van der Waals surface area contributed by atoms with Crippen LogP contribution in [0.4, 0.5) is 0 Å². The Kier molecular flexibility index (Phi) is 4.70. The number of carbonyl (C=O) groups excluding carboxylic acids is 2. The molecule has 0 aliphatic carbocycles. The number of β-amino-alcohol motifs (C(OH)–C–C–N with tert-alkyl or cyclic N) is 1. The summed E-state index contributed by atoms with van der Waals surface area (Å²) in [5.74, 6) is -0.157. The first-order chi connectivity index (χ1) is 7.58. The second-order valence-corrected chi connectivity index (χ2v) is 3.89. The van der Waals surface area contributed by atoms with Gasteiger partial charge in [0.1, 0.15) is 0 Å². The number of hydrogen-bond acceptors (Lipinski definition) is 4. The Morgan fingerprint density at radius 2 is 1.88 bits per heavy atom. The van der Waals surface area contributed by atoms with Gasteiger partial charge in [-0.05, 0) is 14.0 Å². The van der Waals surface area contributed by atoms with Gasteiger partial charge in [0.2, 0.25) is 11.8 Å². The number of nitrogens with zero attached hydrogens (tertiary/aromatic N) is 2. The third-order valence-corrected chi connectivity index (χ3v) is 2.61. The van der Waals surface area contributed by atoms with Crippen molar-refractivity contribution in [2.75, 3.05) is 39.8 Å². The van der Waals surface area contributed by atoms with Crippen molar-refractivity contribution in [3.63, 3.8) is 0 Å². The summed E-state index contributed by atoms with van der Waals surface area (Å²) in [4.78, 5) is 26.1. The molecule has 1 unspecified atom stereocenters. The number of aliphatic hydroxyl groups is 1. The Balaban J connectivity index is 2.50. The molecule has 92 valence electrons. The SMILES string of the molecule is CCN1CC(=O)N(CC(O)CNC)CC1=O. The van der Waals surface area contributed by atoms with Crippen LogP contribution in [0.25, 0.3) is 0 Å². The lowest BCUT2D eigenvalue weighted by atomic mass is 10.2. The Morgan fingerprint density at radius 3 is 2.44 bits per heavy atom. The summed E-state index contributed by atoms with van der Waals surface area (Å²) in [5.41, 5.74) is 0. The molecule has 1 atom stereocenters. The van der Waals surface area contributed by atoms with E-state index < -0.39 is 6.10 Å². The highest BCUT2D eigenvalue weighted by Gasteiger charge is 2.29. The first-order valence-corrected chi connectivity index (χ1v) is 5.46. The van der Waals surface area contributed by atoms with Crippen LogP contribution in [-0.4, -0.2) is 72.6 Å². The number of rotatable bonds is 5. The van der Waals surface area contributed by atoms with Gasteiger partial charge in [0.05, 0.1) is 19.2 Å². The molecule has 0 saturated carbocycles. The van der Waals surface area contributed by atoms with Gasteiger partial charge in [-0.3, -0.25) is 9.59 Å². The van der Waals surface area contributed by atoms with Gasteiger partial charge in [-0.25, -0.2) is 0 Å². The molecule has 6 nitrogen and oxygen atoms in total. The van der Waals surface area contributed by atoms with Crippen molar-refractivity contribution in [3.8, 4) is 0 Å². The minimum absolute atomic E-state index is 0.0567. The second kappa shape index (κ2) is 5.81. The lowest BCUT2D eigenvalue weighted by Crippen LogP contribution is -2.55. The fraction of sp³-hybridized carbons (Fsp3) is 0.800. The number of carbonyl (C=O) groups is 2. The van der Waals surface area contributed by atoms with E-state index in [1.807, 2.05) is 6.92 Å². The summed E-state index contributed by atoms with van der Waals surface area (Å²) in [6.07, 6.45) is -0.630. The van der Waals surface area contributed by atoms with Crippen LogP contribution in [0.15, 0.2) is 0 Å². The number of nitrogens with one attached hydrogen (secondary N) is 1. The van der Waals surface area contributed by atoms with E-state index in [1.54, 1.807) is 7.05 Å². The Morgan fingerprint density at radius 1 is 1.31 bits per heavy atom. The summed E-state index contributed by atoms with van der Waals surface area (Å²) in [6.45, 7) is 3.22. The molecule has 1 saturated heterocycles. The number of likely N-dealkylation sites (N-methyl/N-ethyl adjacent to an activating group) is 2. The van der Waals surface area contributed by atoms with E-state index in [0.29, 0.717) is 13.1 Å². The maximum absolute atomic E-state index is 11.6. The van der Waals surface area contributed by atoms with E-state index in [0.717, 1.165) is 0 Å². The first-order valence-electron chi connectivity index (χ1n) is 5.46. The van der Waals surface area contributed by atoms with E-state index in [1.165, 1.54) is 9.80 Å². The van der Waals surface area contributed by atoms with Crippen molar-refractivity contribution < 1.29 is 14.7 Å². The molecule has 1 rings (SSSR count). The van der Waals surface area contributed by atoms with Gasteiger partial charge in [-0.15, -0.1) is 0 Å². The van der Waals surface area contributed by atoms with Crippen molar-refractivity contribution in [3.05, 3.63) is 0 Å². The van der Waals surface area contributed by atoms with Gasteiger partial charge in [0.25, 0.3) is 0 Å². The molecule has 1 aliphatic heterocycles. The van der Waals surface area contributed by atoms with Crippen molar-refractivity contribution in [1.82, 2.24) is 15.1 Å². The molecule has 0 radical (unpaired) electrons. The van der Waals surface area contributed by atoms with E-state index in [4.69, 9.17) is 0 Å². The van der Waals surface area contributed by atoms with Gasteiger partial charge in [0, 0.05) is 19.6 Å². The number of amides is 2. The van der Waals surface area contributed by atoms with E-state index in [9.17, 15) is 14.7 Å². The van der Waals surface area contributed by atoms with Crippen LogP contribution in [0, 0.1) is 0 Å². The van der Waals surface area contributed by atoms with Gasteiger partial charge in [-0.1, -0.05) is 0 Å². The summed E-state index contributed by atoms with van der Waals surface area (Å²) in [5, 5.41) is 12.4. The van der Waals surface area contributed by atoms with Gasteiger partial charge < -0.3 is 20.2 Å². The van der Waals surface area contributed by atoms with Crippen LogP contribution in [0.3, 0.4) is 0 Å². The molecule has 0 aromatic heterocycles.